The van der Waals surface area contributed by atoms with Crippen LogP contribution in [0.4, 0.5) is 0 Å². The van der Waals surface area contributed by atoms with Gasteiger partial charge in [0.25, 0.3) is 11.5 Å². The highest BCUT2D eigenvalue weighted by molar-refractivity contribution is 5.95. The number of rotatable bonds is 6. The molecule has 2 aromatic heterocycles. The maximum absolute atomic E-state index is 12.7. The molecule has 7 heteroatoms. The maximum atomic E-state index is 12.7. The summed E-state index contributed by atoms with van der Waals surface area (Å²) in [7, 11) is 4.04. The Hall–Kier alpha value is -3.71. The van der Waals surface area contributed by atoms with Crippen molar-refractivity contribution in [2.75, 3.05) is 14.1 Å². The molecule has 2 heterocycles. The number of amides is 1. The molecule has 2 N–H and O–H groups in total. The van der Waals surface area contributed by atoms with Gasteiger partial charge in [-0.25, -0.2) is 4.52 Å². The summed E-state index contributed by atoms with van der Waals surface area (Å²) < 4.78 is 1.47. The van der Waals surface area contributed by atoms with E-state index in [0.29, 0.717) is 23.4 Å². The van der Waals surface area contributed by atoms with Crippen LogP contribution in [0, 0.1) is 13.8 Å². The molecule has 0 fully saturated rings. The Morgan fingerprint density at radius 3 is 2.59 bits per heavy atom. The first-order valence-electron chi connectivity index (χ1n) is 10.5. The van der Waals surface area contributed by atoms with Crippen molar-refractivity contribution in [3.63, 3.8) is 0 Å². The number of hydrogen-bond acceptors (Lipinski definition) is 4. The summed E-state index contributed by atoms with van der Waals surface area (Å²) in [4.78, 5) is 30.3. The molecule has 2 aromatic carbocycles. The Balaban J connectivity index is 1.54. The lowest BCUT2D eigenvalue weighted by Gasteiger charge is -2.11. The van der Waals surface area contributed by atoms with Crippen LogP contribution in [0.2, 0.25) is 0 Å². The lowest BCUT2D eigenvalue weighted by Crippen LogP contribution is -2.22. The quantitative estimate of drug-likeness (QED) is 0.493. The molecule has 0 unspecified atom stereocenters. The second-order valence-corrected chi connectivity index (χ2v) is 8.40. The van der Waals surface area contributed by atoms with Crippen molar-refractivity contribution in [1.82, 2.24) is 24.8 Å². The van der Waals surface area contributed by atoms with Crippen molar-refractivity contribution >= 4 is 11.4 Å². The standard InChI is InChI=1S/C25H27N5O2/c1-16-8-9-20(10-17(16)2)23-27-25(32)22-12-21(15-30(22)28-23)24(31)26-13-18-6-5-7-19(11-18)14-29(3)4/h5-12,15H,13-14H2,1-4H3,(H,26,31)(H,27,28,32). The molecule has 32 heavy (non-hydrogen) atoms. The highest BCUT2D eigenvalue weighted by Crippen LogP contribution is 2.18. The van der Waals surface area contributed by atoms with E-state index in [9.17, 15) is 9.59 Å². The van der Waals surface area contributed by atoms with Crippen molar-refractivity contribution in [1.29, 1.82) is 0 Å². The number of H-pyrrole nitrogens is 1. The van der Waals surface area contributed by atoms with Gasteiger partial charge in [-0.1, -0.05) is 36.4 Å². The predicted octanol–water partition coefficient (Wildman–Crippen LogP) is 3.30. The van der Waals surface area contributed by atoms with Crippen LogP contribution in [0.5, 0.6) is 0 Å². The van der Waals surface area contributed by atoms with Gasteiger partial charge in [-0.15, -0.1) is 5.10 Å². The predicted molar refractivity (Wildman–Crippen MR) is 126 cm³/mol. The molecular formula is C25H27N5O2. The minimum Gasteiger partial charge on any atom is -0.348 e. The number of aromatic nitrogens is 3. The highest BCUT2D eigenvalue weighted by Gasteiger charge is 2.13. The van der Waals surface area contributed by atoms with Gasteiger partial charge in [-0.3, -0.25) is 9.59 Å². The van der Waals surface area contributed by atoms with E-state index in [1.165, 1.54) is 15.6 Å². The first-order chi connectivity index (χ1) is 15.3. The molecule has 0 saturated heterocycles. The number of hydrogen-bond donors (Lipinski definition) is 2. The van der Waals surface area contributed by atoms with E-state index in [2.05, 4.69) is 32.4 Å². The molecule has 4 rings (SSSR count). The molecule has 0 spiro atoms. The van der Waals surface area contributed by atoms with Gasteiger partial charge >= 0.3 is 0 Å². The third kappa shape index (κ3) is 4.63. The van der Waals surface area contributed by atoms with Gasteiger partial charge in [-0.05, 0) is 62.3 Å². The fourth-order valence-electron chi connectivity index (χ4n) is 3.64. The van der Waals surface area contributed by atoms with Crippen LogP contribution in [-0.4, -0.2) is 39.5 Å². The molecule has 0 bridgehead atoms. The Bertz CT molecular complexity index is 1350. The molecule has 0 radical (unpaired) electrons. The van der Waals surface area contributed by atoms with E-state index in [-0.39, 0.29) is 11.5 Å². The number of nitrogens with one attached hydrogen (secondary N) is 2. The SMILES string of the molecule is Cc1ccc(-c2nn3cc(C(=O)NCc4cccc(CN(C)C)c4)cc3c(=O)[nH]2)cc1C. The number of carbonyl (C=O) groups is 1. The fourth-order valence-corrected chi connectivity index (χ4v) is 3.64. The van der Waals surface area contributed by atoms with E-state index in [1.54, 1.807) is 12.3 Å². The first-order valence-corrected chi connectivity index (χ1v) is 10.5. The fraction of sp³-hybridized carbons (Fsp3) is 0.240. The van der Waals surface area contributed by atoms with Crippen molar-refractivity contribution in [2.45, 2.75) is 26.9 Å². The number of aromatic amines is 1. The van der Waals surface area contributed by atoms with Crippen LogP contribution in [-0.2, 0) is 13.1 Å². The zero-order valence-corrected chi connectivity index (χ0v) is 18.8. The third-order valence-electron chi connectivity index (χ3n) is 5.46. The van der Waals surface area contributed by atoms with Crippen LogP contribution in [0.15, 0.2) is 59.5 Å². The molecule has 0 aliphatic heterocycles. The Morgan fingerprint density at radius 1 is 1.06 bits per heavy atom. The highest BCUT2D eigenvalue weighted by atomic mass is 16.1. The lowest BCUT2D eigenvalue weighted by atomic mass is 10.1. The molecular weight excluding hydrogens is 402 g/mol. The van der Waals surface area contributed by atoms with E-state index >= 15 is 0 Å². The summed E-state index contributed by atoms with van der Waals surface area (Å²) in [5.41, 5.74) is 5.76. The summed E-state index contributed by atoms with van der Waals surface area (Å²) in [5.74, 6) is 0.214. The minimum atomic E-state index is -0.288. The van der Waals surface area contributed by atoms with Crippen LogP contribution < -0.4 is 10.9 Å². The van der Waals surface area contributed by atoms with Crippen LogP contribution in [0.3, 0.4) is 0 Å². The van der Waals surface area contributed by atoms with Crippen molar-refractivity contribution in [3.05, 3.63) is 92.9 Å². The molecule has 4 aromatic rings. The van der Waals surface area contributed by atoms with E-state index < -0.39 is 0 Å². The minimum absolute atomic E-state index is 0.249. The molecule has 164 valence electrons. The Morgan fingerprint density at radius 2 is 1.84 bits per heavy atom. The molecule has 0 aliphatic rings. The number of aryl methyl sites for hydroxylation is 2. The van der Waals surface area contributed by atoms with Gasteiger partial charge in [0.15, 0.2) is 5.82 Å². The number of nitrogens with zero attached hydrogens (tertiary/aromatic N) is 3. The van der Waals surface area contributed by atoms with Gasteiger partial charge in [0, 0.05) is 24.8 Å². The molecule has 1 amide bonds. The first kappa shape index (κ1) is 21.5. The summed E-state index contributed by atoms with van der Waals surface area (Å²) >= 11 is 0. The Labute approximate surface area is 186 Å². The molecule has 7 nitrogen and oxygen atoms in total. The van der Waals surface area contributed by atoms with Gasteiger partial charge in [0.05, 0.1) is 5.56 Å². The van der Waals surface area contributed by atoms with E-state index in [4.69, 9.17) is 0 Å². The van der Waals surface area contributed by atoms with E-state index in [0.717, 1.165) is 23.2 Å². The van der Waals surface area contributed by atoms with Crippen molar-refractivity contribution < 1.29 is 4.79 Å². The topological polar surface area (TPSA) is 82.5 Å². The zero-order chi connectivity index (χ0) is 22.8. The van der Waals surface area contributed by atoms with Gasteiger partial charge in [-0.2, -0.15) is 0 Å². The monoisotopic (exact) mass is 429 g/mol. The van der Waals surface area contributed by atoms with Crippen LogP contribution in [0.25, 0.3) is 16.9 Å². The maximum Gasteiger partial charge on any atom is 0.275 e. The zero-order valence-electron chi connectivity index (χ0n) is 18.8. The average molecular weight is 430 g/mol. The smallest absolute Gasteiger partial charge is 0.275 e. The van der Waals surface area contributed by atoms with Crippen molar-refractivity contribution in [3.8, 4) is 11.4 Å². The third-order valence-corrected chi connectivity index (χ3v) is 5.46. The second-order valence-electron chi connectivity index (χ2n) is 8.40. The summed E-state index contributed by atoms with van der Waals surface area (Å²) in [6, 6.07) is 15.6. The molecule has 0 atom stereocenters. The molecule has 0 aliphatic carbocycles. The van der Waals surface area contributed by atoms with Crippen LogP contribution >= 0.6 is 0 Å². The number of benzene rings is 2. The van der Waals surface area contributed by atoms with Gasteiger partial charge < -0.3 is 15.2 Å². The van der Waals surface area contributed by atoms with Gasteiger partial charge in [0.1, 0.15) is 5.52 Å². The largest absolute Gasteiger partial charge is 0.348 e. The lowest BCUT2D eigenvalue weighted by molar-refractivity contribution is 0.0951. The average Bonchev–Trinajstić information content (AvgIpc) is 3.19. The number of fused-ring (bicyclic) bond motifs is 1. The Kier molecular flexibility index (Phi) is 5.92. The number of carbonyl (C=O) groups excluding carboxylic acids is 1. The molecule has 0 saturated carbocycles. The van der Waals surface area contributed by atoms with Crippen molar-refractivity contribution in [2.24, 2.45) is 0 Å². The van der Waals surface area contributed by atoms with Crippen LogP contribution in [0.1, 0.15) is 32.6 Å². The van der Waals surface area contributed by atoms with E-state index in [1.807, 2.05) is 58.3 Å². The normalized spacial score (nSPS) is 11.3. The summed E-state index contributed by atoms with van der Waals surface area (Å²) in [6.07, 6.45) is 1.59. The second kappa shape index (κ2) is 8.80. The summed E-state index contributed by atoms with van der Waals surface area (Å²) in [5, 5.41) is 7.44. The van der Waals surface area contributed by atoms with Gasteiger partial charge in [0.2, 0.25) is 0 Å². The summed E-state index contributed by atoms with van der Waals surface area (Å²) in [6.45, 7) is 5.30.